The van der Waals surface area contributed by atoms with Crippen LogP contribution in [0.4, 0.5) is 11.9 Å². The molecule has 0 saturated heterocycles. The molecule has 0 aromatic carbocycles. The fraction of sp³-hybridized carbons (Fsp3) is 0.727. The SMILES string of the molecule is CCNc1nc(NCC)nc(C(C)CC)n1. The molecule has 0 bridgehead atoms. The Balaban J connectivity index is 2.97. The fourth-order valence-electron chi connectivity index (χ4n) is 1.27. The first-order valence-electron chi connectivity index (χ1n) is 5.94. The largest absolute Gasteiger partial charge is 0.354 e. The number of aromatic nitrogens is 3. The maximum atomic E-state index is 4.40. The van der Waals surface area contributed by atoms with Crippen molar-refractivity contribution >= 4 is 11.9 Å². The van der Waals surface area contributed by atoms with E-state index in [2.05, 4.69) is 39.4 Å². The van der Waals surface area contributed by atoms with Crippen molar-refractivity contribution in [3.05, 3.63) is 5.82 Å². The zero-order chi connectivity index (χ0) is 12.0. The summed E-state index contributed by atoms with van der Waals surface area (Å²) in [6, 6.07) is 0. The second kappa shape index (κ2) is 6.25. The molecule has 1 atom stereocenters. The van der Waals surface area contributed by atoms with Gasteiger partial charge in [0.15, 0.2) is 0 Å². The summed E-state index contributed by atoms with van der Waals surface area (Å²) in [4.78, 5) is 13.1. The van der Waals surface area contributed by atoms with E-state index in [9.17, 15) is 0 Å². The normalized spacial score (nSPS) is 12.2. The van der Waals surface area contributed by atoms with Gasteiger partial charge in [-0.25, -0.2) is 0 Å². The van der Waals surface area contributed by atoms with Crippen LogP contribution in [0.1, 0.15) is 45.9 Å². The number of rotatable bonds is 6. The lowest BCUT2D eigenvalue weighted by atomic mass is 10.1. The van der Waals surface area contributed by atoms with Crippen LogP contribution in [-0.4, -0.2) is 28.0 Å². The molecule has 0 saturated carbocycles. The zero-order valence-electron chi connectivity index (χ0n) is 10.5. The summed E-state index contributed by atoms with van der Waals surface area (Å²) < 4.78 is 0. The highest BCUT2D eigenvalue weighted by molar-refractivity contribution is 5.34. The van der Waals surface area contributed by atoms with E-state index in [1.807, 2.05) is 13.8 Å². The molecule has 0 radical (unpaired) electrons. The molecule has 5 heteroatoms. The molecule has 0 aliphatic rings. The standard InChI is InChI=1S/C11H21N5/c1-5-8(4)9-14-10(12-6-2)16-11(15-9)13-7-3/h8H,5-7H2,1-4H3,(H2,12,13,14,15,16). The van der Waals surface area contributed by atoms with E-state index in [4.69, 9.17) is 0 Å². The van der Waals surface area contributed by atoms with Gasteiger partial charge in [0.1, 0.15) is 5.82 Å². The average molecular weight is 223 g/mol. The summed E-state index contributed by atoms with van der Waals surface area (Å²) in [7, 11) is 0. The van der Waals surface area contributed by atoms with Crippen LogP contribution in [-0.2, 0) is 0 Å². The van der Waals surface area contributed by atoms with Gasteiger partial charge in [-0.05, 0) is 20.3 Å². The molecule has 2 N–H and O–H groups in total. The quantitative estimate of drug-likeness (QED) is 0.774. The third-order valence-electron chi connectivity index (χ3n) is 2.38. The van der Waals surface area contributed by atoms with Crippen LogP contribution in [0.2, 0.25) is 0 Å². The first-order valence-corrected chi connectivity index (χ1v) is 5.94. The first kappa shape index (κ1) is 12.7. The van der Waals surface area contributed by atoms with E-state index in [0.29, 0.717) is 17.8 Å². The van der Waals surface area contributed by atoms with Crippen LogP contribution in [0.3, 0.4) is 0 Å². The Labute approximate surface area is 97.1 Å². The highest BCUT2D eigenvalue weighted by atomic mass is 15.2. The Bertz CT molecular complexity index is 302. The Morgan fingerprint density at radius 2 is 1.44 bits per heavy atom. The van der Waals surface area contributed by atoms with Gasteiger partial charge in [-0.1, -0.05) is 13.8 Å². The first-order chi connectivity index (χ1) is 7.71. The van der Waals surface area contributed by atoms with Crippen molar-refractivity contribution < 1.29 is 0 Å². The van der Waals surface area contributed by atoms with Gasteiger partial charge < -0.3 is 10.6 Å². The maximum Gasteiger partial charge on any atom is 0.227 e. The molecular formula is C11H21N5. The fourth-order valence-corrected chi connectivity index (χ4v) is 1.27. The number of hydrogen-bond acceptors (Lipinski definition) is 5. The lowest BCUT2D eigenvalue weighted by Crippen LogP contribution is -2.12. The van der Waals surface area contributed by atoms with E-state index in [0.717, 1.165) is 25.3 Å². The van der Waals surface area contributed by atoms with E-state index >= 15 is 0 Å². The molecule has 1 unspecified atom stereocenters. The van der Waals surface area contributed by atoms with Crippen molar-refractivity contribution in [2.24, 2.45) is 0 Å². The number of anilines is 2. The van der Waals surface area contributed by atoms with Gasteiger partial charge in [-0.2, -0.15) is 15.0 Å². The molecule has 16 heavy (non-hydrogen) atoms. The van der Waals surface area contributed by atoms with Gasteiger partial charge >= 0.3 is 0 Å². The molecule has 0 amide bonds. The van der Waals surface area contributed by atoms with E-state index in [1.165, 1.54) is 0 Å². The highest BCUT2D eigenvalue weighted by Crippen LogP contribution is 2.16. The predicted molar refractivity (Wildman–Crippen MR) is 66.9 cm³/mol. The lowest BCUT2D eigenvalue weighted by molar-refractivity contribution is 0.673. The van der Waals surface area contributed by atoms with Crippen LogP contribution >= 0.6 is 0 Å². The topological polar surface area (TPSA) is 62.7 Å². The van der Waals surface area contributed by atoms with Crippen molar-refractivity contribution in [3.8, 4) is 0 Å². The molecule has 0 spiro atoms. The Morgan fingerprint density at radius 3 is 1.81 bits per heavy atom. The van der Waals surface area contributed by atoms with E-state index < -0.39 is 0 Å². The van der Waals surface area contributed by atoms with Crippen molar-refractivity contribution in [2.45, 2.75) is 40.0 Å². The number of hydrogen-bond donors (Lipinski definition) is 2. The van der Waals surface area contributed by atoms with Crippen LogP contribution < -0.4 is 10.6 Å². The minimum Gasteiger partial charge on any atom is -0.354 e. The average Bonchev–Trinajstić information content (AvgIpc) is 2.28. The van der Waals surface area contributed by atoms with Crippen molar-refractivity contribution in [1.29, 1.82) is 0 Å². The van der Waals surface area contributed by atoms with Gasteiger partial charge in [0, 0.05) is 19.0 Å². The van der Waals surface area contributed by atoms with Crippen molar-refractivity contribution in [3.63, 3.8) is 0 Å². The summed E-state index contributed by atoms with van der Waals surface area (Å²) in [5.41, 5.74) is 0. The zero-order valence-corrected chi connectivity index (χ0v) is 10.5. The van der Waals surface area contributed by atoms with E-state index in [-0.39, 0.29) is 0 Å². The maximum absolute atomic E-state index is 4.40. The third kappa shape index (κ3) is 3.32. The molecule has 5 nitrogen and oxygen atoms in total. The van der Waals surface area contributed by atoms with Gasteiger partial charge in [-0.15, -0.1) is 0 Å². The minimum absolute atomic E-state index is 0.359. The summed E-state index contributed by atoms with van der Waals surface area (Å²) in [5.74, 6) is 2.52. The number of nitrogens with zero attached hydrogens (tertiary/aromatic N) is 3. The molecular weight excluding hydrogens is 202 g/mol. The smallest absolute Gasteiger partial charge is 0.227 e. The van der Waals surface area contributed by atoms with Gasteiger partial charge in [0.05, 0.1) is 0 Å². The van der Waals surface area contributed by atoms with Crippen LogP contribution in [0.15, 0.2) is 0 Å². The molecule has 0 aliphatic heterocycles. The van der Waals surface area contributed by atoms with Gasteiger partial charge in [0.25, 0.3) is 0 Å². The second-order valence-corrected chi connectivity index (χ2v) is 3.71. The molecule has 1 rings (SSSR count). The van der Waals surface area contributed by atoms with Crippen LogP contribution in [0.5, 0.6) is 0 Å². The van der Waals surface area contributed by atoms with Gasteiger partial charge in [0.2, 0.25) is 11.9 Å². The third-order valence-corrected chi connectivity index (χ3v) is 2.38. The molecule has 0 fully saturated rings. The summed E-state index contributed by atoms with van der Waals surface area (Å²) in [5, 5.41) is 6.25. The molecule has 1 aromatic heterocycles. The van der Waals surface area contributed by atoms with Crippen LogP contribution in [0, 0.1) is 0 Å². The number of nitrogens with one attached hydrogen (secondary N) is 2. The van der Waals surface area contributed by atoms with Gasteiger partial charge in [-0.3, -0.25) is 0 Å². The van der Waals surface area contributed by atoms with Crippen molar-refractivity contribution in [2.75, 3.05) is 23.7 Å². The summed E-state index contributed by atoms with van der Waals surface area (Å²) in [6.07, 6.45) is 1.03. The Kier molecular flexibility index (Phi) is 4.95. The summed E-state index contributed by atoms with van der Waals surface area (Å²) >= 11 is 0. The summed E-state index contributed by atoms with van der Waals surface area (Å²) in [6.45, 7) is 9.94. The highest BCUT2D eigenvalue weighted by Gasteiger charge is 2.10. The second-order valence-electron chi connectivity index (χ2n) is 3.71. The predicted octanol–water partition coefficient (Wildman–Crippen LogP) is 2.25. The molecule has 1 heterocycles. The minimum atomic E-state index is 0.359. The van der Waals surface area contributed by atoms with E-state index in [1.54, 1.807) is 0 Å². The monoisotopic (exact) mass is 223 g/mol. The molecule has 1 aromatic rings. The van der Waals surface area contributed by atoms with Crippen molar-refractivity contribution in [1.82, 2.24) is 15.0 Å². The van der Waals surface area contributed by atoms with Crippen LogP contribution in [0.25, 0.3) is 0 Å². The molecule has 90 valence electrons. The Hall–Kier alpha value is -1.39. The molecule has 0 aliphatic carbocycles. The Morgan fingerprint density at radius 1 is 0.938 bits per heavy atom. The lowest BCUT2D eigenvalue weighted by Gasteiger charge is -2.11.